The van der Waals surface area contributed by atoms with E-state index in [1.165, 1.54) is 11.3 Å². The fourth-order valence-corrected chi connectivity index (χ4v) is 4.10. The van der Waals surface area contributed by atoms with Crippen LogP contribution < -0.4 is 5.73 Å². The van der Waals surface area contributed by atoms with Crippen molar-refractivity contribution in [2.45, 2.75) is 27.2 Å². The van der Waals surface area contributed by atoms with Crippen LogP contribution in [0.3, 0.4) is 0 Å². The van der Waals surface area contributed by atoms with Gasteiger partial charge in [0.05, 0.1) is 15.4 Å². The van der Waals surface area contributed by atoms with E-state index in [1.807, 2.05) is 0 Å². The van der Waals surface area contributed by atoms with Crippen molar-refractivity contribution in [3.63, 3.8) is 0 Å². The van der Waals surface area contributed by atoms with Gasteiger partial charge in [-0.25, -0.2) is 8.78 Å². The highest BCUT2D eigenvalue weighted by Crippen LogP contribution is 2.36. The summed E-state index contributed by atoms with van der Waals surface area (Å²) in [6.07, 6.45) is 0.566. The van der Waals surface area contributed by atoms with Crippen LogP contribution in [-0.2, 0) is 6.42 Å². The zero-order valence-electron chi connectivity index (χ0n) is 16.8. The highest BCUT2D eigenvalue weighted by Gasteiger charge is 2.26. The Balaban J connectivity index is 2.11. The average molecular weight is 444 g/mol. The molecular weight excluding hydrogens is 424 g/mol. The number of carbonyl (C=O) groups is 1. The van der Waals surface area contributed by atoms with Crippen molar-refractivity contribution in [3.8, 4) is 11.8 Å². The number of nitrogen functional groups attached to an aromatic ring is 1. The quantitative estimate of drug-likeness (QED) is 0.371. The first kappa shape index (κ1) is 22.0. The Morgan fingerprint density at radius 3 is 2.23 bits per heavy atom. The molecule has 0 spiro atoms. The molecule has 0 fully saturated rings. The van der Waals surface area contributed by atoms with Crippen molar-refractivity contribution in [1.82, 2.24) is 0 Å². The normalized spacial score (nSPS) is 11.1. The molecule has 0 amide bonds. The second-order valence-electron chi connectivity index (χ2n) is 8.13. The van der Waals surface area contributed by atoms with Gasteiger partial charge in [-0.2, -0.15) is 0 Å². The molecule has 3 aromatic rings. The van der Waals surface area contributed by atoms with Gasteiger partial charge >= 0.3 is 0 Å². The SMILES string of the molecule is CC(C)(C)Cc1c(C#Cc2cc(F)cc(F)c2)sc(N)c1C(=O)c1ccc(Cl)cc1. The Labute approximate surface area is 183 Å². The summed E-state index contributed by atoms with van der Waals surface area (Å²) in [6.45, 7) is 6.16. The molecule has 1 aromatic heterocycles. The van der Waals surface area contributed by atoms with E-state index in [2.05, 4.69) is 32.6 Å². The van der Waals surface area contributed by atoms with Gasteiger partial charge in [-0.15, -0.1) is 11.3 Å². The second-order valence-corrected chi connectivity index (χ2v) is 9.62. The van der Waals surface area contributed by atoms with Crippen LogP contribution in [0.2, 0.25) is 5.02 Å². The van der Waals surface area contributed by atoms with Crippen LogP contribution in [-0.4, -0.2) is 5.78 Å². The van der Waals surface area contributed by atoms with E-state index < -0.39 is 11.6 Å². The summed E-state index contributed by atoms with van der Waals surface area (Å²) in [5.74, 6) is 4.16. The average Bonchev–Trinajstić information content (AvgIpc) is 2.92. The smallest absolute Gasteiger partial charge is 0.196 e. The van der Waals surface area contributed by atoms with Crippen LogP contribution in [0, 0.1) is 28.9 Å². The molecule has 0 unspecified atom stereocenters. The molecule has 154 valence electrons. The lowest BCUT2D eigenvalue weighted by Gasteiger charge is -2.19. The van der Waals surface area contributed by atoms with E-state index in [4.69, 9.17) is 17.3 Å². The summed E-state index contributed by atoms with van der Waals surface area (Å²) in [6, 6.07) is 9.74. The first-order valence-electron chi connectivity index (χ1n) is 9.23. The van der Waals surface area contributed by atoms with E-state index in [-0.39, 0.29) is 16.8 Å². The summed E-state index contributed by atoms with van der Waals surface area (Å²) in [5, 5.41) is 0.901. The minimum absolute atomic E-state index is 0.135. The Morgan fingerprint density at radius 2 is 1.67 bits per heavy atom. The molecule has 3 rings (SSSR count). The maximum atomic E-state index is 13.5. The van der Waals surface area contributed by atoms with E-state index in [0.29, 0.717) is 32.4 Å². The topological polar surface area (TPSA) is 43.1 Å². The number of rotatable bonds is 3. The third-order valence-corrected chi connectivity index (χ3v) is 5.49. The summed E-state index contributed by atoms with van der Waals surface area (Å²) >= 11 is 7.14. The van der Waals surface area contributed by atoms with Gasteiger partial charge in [-0.05, 0) is 53.8 Å². The summed E-state index contributed by atoms with van der Waals surface area (Å²) in [4.78, 5) is 13.8. The molecule has 6 heteroatoms. The lowest BCUT2D eigenvalue weighted by Crippen LogP contribution is -2.14. The molecule has 0 atom stereocenters. The lowest BCUT2D eigenvalue weighted by atomic mass is 9.85. The molecule has 0 radical (unpaired) electrons. The summed E-state index contributed by atoms with van der Waals surface area (Å²) in [7, 11) is 0. The van der Waals surface area contributed by atoms with Crippen molar-refractivity contribution in [3.05, 3.63) is 86.3 Å². The fraction of sp³-hybridized carbons (Fsp3) is 0.208. The lowest BCUT2D eigenvalue weighted by molar-refractivity contribution is 0.103. The largest absolute Gasteiger partial charge is 0.390 e. The van der Waals surface area contributed by atoms with Crippen molar-refractivity contribution in [2.75, 3.05) is 5.73 Å². The van der Waals surface area contributed by atoms with E-state index >= 15 is 0 Å². The van der Waals surface area contributed by atoms with Gasteiger partial charge < -0.3 is 5.73 Å². The number of benzene rings is 2. The maximum Gasteiger partial charge on any atom is 0.196 e. The van der Waals surface area contributed by atoms with Crippen LogP contribution in [0.25, 0.3) is 0 Å². The molecule has 30 heavy (non-hydrogen) atoms. The number of halogens is 3. The number of nitrogens with two attached hydrogens (primary N) is 1. The molecule has 0 aliphatic heterocycles. The standard InChI is InChI=1S/C24H20ClF2NOS/c1-24(2,3)13-19-20(9-4-14-10-17(26)12-18(27)11-14)30-23(28)21(19)22(29)15-5-7-16(25)8-6-15/h5-8,10-12H,13,28H2,1-3H3. The first-order valence-corrected chi connectivity index (χ1v) is 10.4. The fourth-order valence-electron chi connectivity index (χ4n) is 3.03. The molecule has 2 N–H and O–H groups in total. The third kappa shape index (κ3) is 5.27. The third-order valence-electron chi connectivity index (χ3n) is 4.26. The van der Waals surface area contributed by atoms with Crippen molar-refractivity contribution >= 4 is 33.7 Å². The highest BCUT2D eigenvalue weighted by atomic mass is 35.5. The van der Waals surface area contributed by atoms with Crippen LogP contribution in [0.5, 0.6) is 0 Å². The van der Waals surface area contributed by atoms with Crippen LogP contribution in [0.4, 0.5) is 13.8 Å². The zero-order chi connectivity index (χ0) is 22.1. The second kappa shape index (κ2) is 8.59. The van der Waals surface area contributed by atoms with Gasteiger partial charge in [0.2, 0.25) is 0 Å². The van der Waals surface area contributed by atoms with Gasteiger partial charge in [0, 0.05) is 22.2 Å². The number of hydrogen-bond acceptors (Lipinski definition) is 3. The molecule has 0 bridgehead atoms. The monoisotopic (exact) mass is 443 g/mol. The Morgan fingerprint density at radius 1 is 1.07 bits per heavy atom. The predicted molar refractivity (Wildman–Crippen MR) is 119 cm³/mol. The molecular formula is C24H20ClF2NOS. The molecule has 0 aliphatic carbocycles. The number of anilines is 1. The molecule has 1 heterocycles. The van der Waals surface area contributed by atoms with Crippen LogP contribution in [0.15, 0.2) is 42.5 Å². The van der Waals surface area contributed by atoms with Gasteiger partial charge in [0.15, 0.2) is 5.78 Å². The Bertz CT molecular complexity index is 1140. The van der Waals surface area contributed by atoms with Crippen molar-refractivity contribution in [1.29, 1.82) is 0 Å². The number of hydrogen-bond donors (Lipinski definition) is 1. The highest BCUT2D eigenvalue weighted by molar-refractivity contribution is 7.17. The Hall–Kier alpha value is -2.68. The van der Waals surface area contributed by atoms with Gasteiger partial charge in [0.1, 0.15) is 11.6 Å². The molecule has 2 nitrogen and oxygen atoms in total. The van der Waals surface area contributed by atoms with Gasteiger partial charge in [-0.3, -0.25) is 4.79 Å². The first-order chi connectivity index (χ1) is 14.0. The predicted octanol–water partition coefficient (Wildman–Crippen LogP) is 6.48. The molecule has 0 saturated heterocycles. The molecule has 0 saturated carbocycles. The summed E-state index contributed by atoms with van der Waals surface area (Å²) < 4.78 is 26.9. The van der Waals surface area contributed by atoms with E-state index in [0.717, 1.165) is 23.8 Å². The minimum Gasteiger partial charge on any atom is -0.390 e. The number of ketones is 1. The zero-order valence-corrected chi connectivity index (χ0v) is 18.3. The minimum atomic E-state index is -0.696. The van der Waals surface area contributed by atoms with Crippen LogP contribution in [0.1, 0.15) is 52.7 Å². The number of carbonyl (C=O) groups excluding carboxylic acids is 1. The van der Waals surface area contributed by atoms with Crippen molar-refractivity contribution < 1.29 is 13.6 Å². The van der Waals surface area contributed by atoms with Gasteiger partial charge in [0.25, 0.3) is 0 Å². The maximum absolute atomic E-state index is 13.5. The van der Waals surface area contributed by atoms with E-state index in [9.17, 15) is 13.6 Å². The van der Waals surface area contributed by atoms with Crippen LogP contribution >= 0.6 is 22.9 Å². The number of thiophene rings is 1. The summed E-state index contributed by atoms with van der Waals surface area (Å²) in [5.41, 5.74) is 7.96. The van der Waals surface area contributed by atoms with Crippen molar-refractivity contribution in [2.24, 2.45) is 5.41 Å². The molecule has 0 aliphatic rings. The Kier molecular flexibility index (Phi) is 6.30. The molecule has 2 aromatic carbocycles. The van der Waals surface area contributed by atoms with E-state index in [1.54, 1.807) is 24.3 Å². The van der Waals surface area contributed by atoms with Gasteiger partial charge in [-0.1, -0.05) is 44.2 Å².